The second kappa shape index (κ2) is 8.54. The minimum atomic E-state index is 0.0946. The van der Waals surface area contributed by atoms with E-state index in [1.807, 2.05) is 24.5 Å². The number of aromatic nitrogens is 2. The van der Waals surface area contributed by atoms with Crippen LogP contribution < -0.4 is 10.6 Å². The van der Waals surface area contributed by atoms with Gasteiger partial charge in [-0.3, -0.25) is 14.3 Å². The molecule has 1 aromatic heterocycles. The molecule has 0 radical (unpaired) electrons. The number of hydrogen-bond acceptors (Lipinski definition) is 4. The maximum atomic E-state index is 11.5. The van der Waals surface area contributed by atoms with Gasteiger partial charge < -0.3 is 10.6 Å². The molecule has 0 spiro atoms. The lowest BCUT2D eigenvalue weighted by atomic mass is 10.0. The number of piperidine rings is 1. The number of amides is 1. The molecular weight excluding hydrogens is 350 g/mol. The summed E-state index contributed by atoms with van der Waals surface area (Å²) in [6, 6.07) is 17.3. The van der Waals surface area contributed by atoms with Gasteiger partial charge in [-0.05, 0) is 42.7 Å². The molecule has 3 aromatic rings. The molecule has 0 aliphatic carbocycles. The summed E-state index contributed by atoms with van der Waals surface area (Å²) in [5.74, 6) is 0.0946. The Bertz CT molecular complexity index is 926. The molecular formula is C22H27N5O. The third-order valence-corrected chi connectivity index (χ3v) is 5.50. The van der Waals surface area contributed by atoms with E-state index in [0.29, 0.717) is 12.6 Å². The zero-order valence-corrected chi connectivity index (χ0v) is 16.3. The number of benzene rings is 2. The fourth-order valence-corrected chi connectivity index (χ4v) is 3.78. The first kappa shape index (κ1) is 18.7. The number of carbonyl (C=O) groups excluding carboxylic acids is 1. The first-order valence-electron chi connectivity index (χ1n) is 9.90. The average molecular weight is 377 g/mol. The molecule has 0 atom stereocenters. The third-order valence-electron chi connectivity index (χ3n) is 5.50. The molecule has 6 heteroatoms. The predicted molar refractivity (Wildman–Crippen MR) is 111 cm³/mol. The highest BCUT2D eigenvalue weighted by Crippen LogP contribution is 2.18. The van der Waals surface area contributed by atoms with Gasteiger partial charge >= 0.3 is 0 Å². The van der Waals surface area contributed by atoms with Crippen molar-refractivity contribution in [1.82, 2.24) is 25.1 Å². The summed E-state index contributed by atoms with van der Waals surface area (Å²) < 4.78 is 2.12. The summed E-state index contributed by atoms with van der Waals surface area (Å²) in [6.45, 7) is 3.31. The highest BCUT2D eigenvalue weighted by molar-refractivity contribution is 5.78. The van der Waals surface area contributed by atoms with E-state index in [4.69, 9.17) is 0 Å². The Morgan fingerprint density at radius 1 is 1.11 bits per heavy atom. The van der Waals surface area contributed by atoms with Gasteiger partial charge in [0.2, 0.25) is 5.91 Å². The molecule has 1 amide bonds. The minimum Gasteiger partial charge on any atom is -0.358 e. The Morgan fingerprint density at radius 2 is 1.86 bits per heavy atom. The summed E-state index contributed by atoms with van der Waals surface area (Å²) in [5.41, 5.74) is 4.54. The van der Waals surface area contributed by atoms with Crippen LogP contribution in [0.15, 0.2) is 54.9 Å². The van der Waals surface area contributed by atoms with E-state index < -0.39 is 0 Å². The van der Waals surface area contributed by atoms with Crippen molar-refractivity contribution in [2.75, 3.05) is 26.7 Å². The molecule has 1 saturated heterocycles. The van der Waals surface area contributed by atoms with Gasteiger partial charge in [0, 0.05) is 38.4 Å². The van der Waals surface area contributed by atoms with Crippen LogP contribution in [0.5, 0.6) is 0 Å². The van der Waals surface area contributed by atoms with Crippen molar-refractivity contribution in [3.8, 4) is 5.69 Å². The summed E-state index contributed by atoms with van der Waals surface area (Å²) in [5, 5.41) is 6.36. The lowest BCUT2D eigenvalue weighted by Gasteiger charge is -2.31. The van der Waals surface area contributed by atoms with Crippen molar-refractivity contribution in [1.29, 1.82) is 0 Å². The third kappa shape index (κ3) is 4.24. The number of rotatable bonds is 6. The molecule has 146 valence electrons. The zero-order chi connectivity index (χ0) is 19.3. The number of fused-ring (bicyclic) bond motifs is 1. The smallest absolute Gasteiger partial charge is 0.233 e. The number of hydrogen-bond donors (Lipinski definition) is 2. The van der Waals surface area contributed by atoms with Crippen molar-refractivity contribution in [3.63, 3.8) is 0 Å². The number of likely N-dealkylation sites (tertiary alicyclic amines) is 1. The average Bonchev–Trinajstić information content (AvgIpc) is 3.18. The molecule has 0 bridgehead atoms. The van der Waals surface area contributed by atoms with Gasteiger partial charge in [-0.15, -0.1) is 0 Å². The monoisotopic (exact) mass is 377 g/mol. The number of imidazole rings is 1. The quantitative estimate of drug-likeness (QED) is 0.692. The Hall–Kier alpha value is -2.70. The SMILES string of the molecule is CNC(=O)CN1CCC(NCc2ccc(-n3cnc4ccccc43)cc2)CC1. The highest BCUT2D eigenvalue weighted by Gasteiger charge is 2.20. The van der Waals surface area contributed by atoms with E-state index in [0.717, 1.165) is 49.2 Å². The number of nitrogens with one attached hydrogen (secondary N) is 2. The van der Waals surface area contributed by atoms with Crippen LogP contribution in [0, 0.1) is 0 Å². The van der Waals surface area contributed by atoms with Crippen LogP contribution in [0.4, 0.5) is 0 Å². The van der Waals surface area contributed by atoms with Crippen LogP contribution in [-0.4, -0.2) is 53.1 Å². The lowest BCUT2D eigenvalue weighted by molar-refractivity contribution is -0.122. The van der Waals surface area contributed by atoms with Gasteiger partial charge in [-0.25, -0.2) is 4.98 Å². The molecule has 2 heterocycles. The van der Waals surface area contributed by atoms with Gasteiger partial charge in [0.15, 0.2) is 0 Å². The van der Waals surface area contributed by atoms with E-state index >= 15 is 0 Å². The van der Waals surface area contributed by atoms with Crippen molar-refractivity contribution >= 4 is 16.9 Å². The second-order valence-electron chi connectivity index (χ2n) is 7.37. The first-order valence-corrected chi connectivity index (χ1v) is 9.90. The fourth-order valence-electron chi connectivity index (χ4n) is 3.78. The second-order valence-corrected chi connectivity index (χ2v) is 7.37. The molecule has 1 aliphatic rings. The van der Waals surface area contributed by atoms with E-state index in [1.165, 1.54) is 5.56 Å². The predicted octanol–water partition coefficient (Wildman–Crippen LogP) is 2.33. The molecule has 0 saturated carbocycles. The molecule has 4 rings (SSSR count). The van der Waals surface area contributed by atoms with E-state index in [2.05, 4.69) is 55.4 Å². The largest absolute Gasteiger partial charge is 0.358 e. The Morgan fingerprint density at radius 3 is 2.61 bits per heavy atom. The number of likely N-dealkylation sites (N-methyl/N-ethyl adjacent to an activating group) is 1. The molecule has 1 fully saturated rings. The Labute approximate surface area is 165 Å². The van der Waals surface area contributed by atoms with E-state index in [9.17, 15) is 4.79 Å². The van der Waals surface area contributed by atoms with Crippen LogP contribution in [0.1, 0.15) is 18.4 Å². The van der Waals surface area contributed by atoms with Gasteiger partial charge in [-0.2, -0.15) is 0 Å². The molecule has 6 nitrogen and oxygen atoms in total. The van der Waals surface area contributed by atoms with Crippen LogP contribution in [0.25, 0.3) is 16.7 Å². The van der Waals surface area contributed by atoms with Crippen molar-refractivity contribution < 1.29 is 4.79 Å². The molecule has 0 unspecified atom stereocenters. The van der Waals surface area contributed by atoms with E-state index in [1.54, 1.807) is 7.05 Å². The molecule has 2 N–H and O–H groups in total. The molecule has 28 heavy (non-hydrogen) atoms. The zero-order valence-electron chi connectivity index (χ0n) is 16.3. The standard InChI is InChI=1S/C22H27N5O/c1-23-22(28)15-26-12-10-18(11-13-26)24-14-17-6-8-19(9-7-17)27-16-25-20-4-2-3-5-21(20)27/h2-9,16,18,24H,10-15H2,1H3,(H,23,28). The Balaban J connectivity index is 1.30. The van der Waals surface area contributed by atoms with Gasteiger partial charge in [0.05, 0.1) is 17.6 Å². The molecule has 1 aliphatic heterocycles. The van der Waals surface area contributed by atoms with E-state index in [-0.39, 0.29) is 5.91 Å². The summed E-state index contributed by atoms with van der Waals surface area (Å²) in [7, 11) is 1.69. The molecule has 2 aromatic carbocycles. The number of nitrogens with zero attached hydrogens (tertiary/aromatic N) is 3. The maximum absolute atomic E-state index is 11.5. The lowest BCUT2D eigenvalue weighted by Crippen LogP contribution is -2.45. The van der Waals surface area contributed by atoms with Crippen LogP contribution in [0.2, 0.25) is 0 Å². The van der Waals surface area contributed by atoms with Gasteiger partial charge in [0.25, 0.3) is 0 Å². The topological polar surface area (TPSA) is 62.2 Å². The van der Waals surface area contributed by atoms with Crippen LogP contribution in [0.3, 0.4) is 0 Å². The van der Waals surface area contributed by atoms with Crippen molar-refractivity contribution in [2.24, 2.45) is 0 Å². The number of para-hydroxylation sites is 2. The van der Waals surface area contributed by atoms with Gasteiger partial charge in [-0.1, -0.05) is 24.3 Å². The number of carbonyl (C=O) groups is 1. The fraction of sp³-hybridized carbons (Fsp3) is 0.364. The van der Waals surface area contributed by atoms with Gasteiger partial charge in [0.1, 0.15) is 6.33 Å². The first-order chi connectivity index (χ1) is 13.7. The Kier molecular flexibility index (Phi) is 5.69. The normalized spacial score (nSPS) is 15.8. The van der Waals surface area contributed by atoms with Crippen LogP contribution >= 0.6 is 0 Å². The highest BCUT2D eigenvalue weighted by atomic mass is 16.1. The summed E-state index contributed by atoms with van der Waals surface area (Å²) in [4.78, 5) is 18.2. The van der Waals surface area contributed by atoms with Crippen LogP contribution in [-0.2, 0) is 11.3 Å². The van der Waals surface area contributed by atoms with Crippen molar-refractivity contribution in [3.05, 3.63) is 60.4 Å². The maximum Gasteiger partial charge on any atom is 0.233 e. The minimum absolute atomic E-state index is 0.0946. The summed E-state index contributed by atoms with van der Waals surface area (Å²) in [6.07, 6.45) is 4.04. The summed E-state index contributed by atoms with van der Waals surface area (Å²) >= 11 is 0. The van der Waals surface area contributed by atoms with Crippen molar-refractivity contribution in [2.45, 2.75) is 25.4 Å².